The van der Waals surface area contributed by atoms with Gasteiger partial charge in [0.05, 0.1) is 27.7 Å². The largest absolute Gasteiger partial charge is 0.463 e. The Bertz CT molecular complexity index is 387. The van der Waals surface area contributed by atoms with E-state index in [0.29, 0.717) is 10.6 Å². The van der Waals surface area contributed by atoms with Crippen molar-refractivity contribution < 1.29 is 28.1 Å². The molecule has 0 saturated heterocycles. The van der Waals surface area contributed by atoms with Gasteiger partial charge in [0.15, 0.2) is 6.61 Å². The van der Waals surface area contributed by atoms with E-state index in [0.717, 1.165) is 12.2 Å². The van der Waals surface area contributed by atoms with Crippen LogP contribution in [0.15, 0.2) is 12.2 Å². The average Bonchev–Trinajstić information content (AvgIpc) is 2.35. The van der Waals surface area contributed by atoms with E-state index in [2.05, 4.69) is 4.74 Å². The topological polar surface area (TPSA) is 69.7 Å². The van der Waals surface area contributed by atoms with E-state index < -0.39 is 19.7 Å². The number of carbonyl (C=O) groups excluding carboxylic acids is 2. The fourth-order valence-corrected chi connectivity index (χ4v) is 2.87. The van der Waals surface area contributed by atoms with Crippen molar-refractivity contribution in [3.63, 3.8) is 0 Å². The van der Waals surface area contributed by atoms with Crippen molar-refractivity contribution in [1.29, 1.82) is 0 Å². The van der Waals surface area contributed by atoms with Crippen molar-refractivity contribution in [2.45, 2.75) is 19.6 Å². The predicted octanol–water partition coefficient (Wildman–Crippen LogP) is 1.53. The molecule has 0 rings (SSSR count). The first-order valence-electron chi connectivity index (χ1n) is 6.48. The summed E-state index contributed by atoms with van der Waals surface area (Å²) in [5.74, 6) is -1.50. The zero-order chi connectivity index (χ0) is 15.8. The maximum absolute atomic E-state index is 12.0. The highest BCUT2D eigenvalue weighted by Gasteiger charge is 2.41. The molecule has 0 bridgehead atoms. The number of hydrogen-bond donors (Lipinski definition) is 0. The summed E-state index contributed by atoms with van der Waals surface area (Å²) in [6.07, 6.45) is 2.57. The van der Waals surface area contributed by atoms with Gasteiger partial charge in [-0.15, -0.1) is 0 Å². The predicted molar refractivity (Wildman–Crippen MR) is 76.7 cm³/mol. The Morgan fingerprint density at radius 3 is 2.00 bits per heavy atom. The number of quaternary nitrogens is 1. The lowest BCUT2D eigenvalue weighted by Gasteiger charge is -2.26. The minimum absolute atomic E-state index is 0.0541. The summed E-state index contributed by atoms with van der Waals surface area (Å²) in [7, 11) is 4.24. The van der Waals surface area contributed by atoms with Gasteiger partial charge in [-0.1, -0.05) is 4.57 Å². The van der Waals surface area contributed by atoms with E-state index in [1.807, 2.05) is 28.1 Å². The Kier molecular flexibility index (Phi) is 8.26. The molecule has 114 valence electrons. The van der Waals surface area contributed by atoms with Crippen LogP contribution in [-0.4, -0.2) is 62.7 Å². The van der Waals surface area contributed by atoms with Gasteiger partial charge in [-0.2, -0.15) is 0 Å². The van der Waals surface area contributed by atoms with Crippen LogP contribution in [0.25, 0.3) is 0 Å². The van der Waals surface area contributed by atoms with Crippen LogP contribution >= 0.6 is 7.80 Å². The zero-order valence-corrected chi connectivity index (χ0v) is 13.7. The van der Waals surface area contributed by atoms with E-state index >= 15 is 0 Å². The molecule has 0 spiro atoms. The second kappa shape index (κ2) is 8.82. The highest BCUT2D eigenvalue weighted by Crippen LogP contribution is 2.32. The molecule has 0 fully saturated rings. The van der Waals surface area contributed by atoms with Gasteiger partial charge in [0, 0.05) is 12.2 Å². The molecule has 0 aromatic carbocycles. The van der Waals surface area contributed by atoms with Crippen LogP contribution in [0.4, 0.5) is 0 Å². The normalized spacial score (nSPS) is 13.9. The zero-order valence-electron chi connectivity index (χ0n) is 12.8. The number of nitrogens with zero attached hydrogens (tertiary/aromatic N) is 1. The number of hydrogen-bond acceptors (Lipinski definition) is 5. The first-order valence-corrected chi connectivity index (χ1v) is 8.00. The summed E-state index contributed by atoms with van der Waals surface area (Å²) in [6, 6.07) is 0. The lowest BCUT2D eigenvalue weighted by molar-refractivity contribution is -0.882. The van der Waals surface area contributed by atoms with Gasteiger partial charge in [0.25, 0.3) is 0 Å². The van der Waals surface area contributed by atoms with Gasteiger partial charge in [-0.25, -0.2) is 9.59 Å². The number of carbonyl (C=O) groups is 2. The molecule has 7 heteroatoms. The van der Waals surface area contributed by atoms with Crippen molar-refractivity contribution in [3.05, 3.63) is 12.2 Å². The third kappa shape index (κ3) is 7.36. The van der Waals surface area contributed by atoms with Gasteiger partial charge >= 0.3 is 25.5 Å². The van der Waals surface area contributed by atoms with Crippen LogP contribution in [-0.2, 0) is 23.6 Å². The van der Waals surface area contributed by atoms with Crippen LogP contribution in [0.3, 0.4) is 0 Å². The Labute approximate surface area is 121 Å². The molecule has 2 atom stereocenters. The van der Waals surface area contributed by atoms with Crippen molar-refractivity contribution in [2.24, 2.45) is 0 Å². The van der Waals surface area contributed by atoms with Gasteiger partial charge in [0.2, 0.25) is 0 Å². The number of likely N-dealkylation sites (N-methyl/N-ethyl adjacent to an activating group) is 1. The van der Waals surface area contributed by atoms with Crippen LogP contribution in [0.2, 0.25) is 0 Å². The average molecular weight is 305 g/mol. The van der Waals surface area contributed by atoms with Gasteiger partial charge in [0.1, 0.15) is 6.16 Å². The third-order valence-electron chi connectivity index (χ3n) is 2.55. The summed E-state index contributed by atoms with van der Waals surface area (Å²) < 4.78 is 22.1. The van der Waals surface area contributed by atoms with Crippen LogP contribution in [0, 0.1) is 0 Å². The number of esters is 2. The second-order valence-electron chi connectivity index (χ2n) is 5.05. The van der Waals surface area contributed by atoms with Crippen LogP contribution in [0.1, 0.15) is 13.8 Å². The Morgan fingerprint density at radius 1 is 1.10 bits per heavy atom. The van der Waals surface area contributed by atoms with Crippen molar-refractivity contribution >= 4 is 19.7 Å². The summed E-state index contributed by atoms with van der Waals surface area (Å²) in [5.41, 5.74) is 0. The quantitative estimate of drug-likeness (QED) is 0.294. The summed E-state index contributed by atoms with van der Waals surface area (Å²) >= 11 is 0. The van der Waals surface area contributed by atoms with Crippen LogP contribution in [0.5, 0.6) is 0 Å². The highest BCUT2D eigenvalue weighted by molar-refractivity contribution is 7.45. The fourth-order valence-electron chi connectivity index (χ4n) is 1.44. The van der Waals surface area contributed by atoms with E-state index in [4.69, 9.17) is 4.74 Å². The molecule has 0 radical (unpaired) electrons. The first-order chi connectivity index (χ1) is 9.22. The van der Waals surface area contributed by atoms with E-state index in [-0.39, 0.29) is 19.0 Å². The van der Waals surface area contributed by atoms with E-state index in [1.54, 1.807) is 6.92 Å². The molecule has 0 aliphatic heterocycles. The van der Waals surface area contributed by atoms with E-state index in [1.165, 1.54) is 0 Å². The summed E-state index contributed by atoms with van der Waals surface area (Å²) in [4.78, 5) is 22.5. The maximum atomic E-state index is 12.0. The summed E-state index contributed by atoms with van der Waals surface area (Å²) in [5, 5.41) is 0. The molecular weight excluding hydrogens is 281 g/mol. The third-order valence-corrected chi connectivity index (χ3v) is 4.69. The molecule has 0 N–H and O–H groups in total. The molecule has 0 aliphatic carbocycles. The number of rotatable bonds is 8. The monoisotopic (exact) mass is 305 g/mol. The minimum Gasteiger partial charge on any atom is -0.463 e. The summed E-state index contributed by atoms with van der Waals surface area (Å²) in [6.45, 7) is 3.82. The van der Waals surface area contributed by atoms with E-state index in [9.17, 15) is 14.2 Å². The van der Waals surface area contributed by atoms with Gasteiger partial charge in [-0.05, 0) is 13.8 Å². The van der Waals surface area contributed by atoms with Gasteiger partial charge < -0.3 is 9.47 Å². The fraction of sp³-hybridized carbons (Fsp3) is 0.692. The Balaban J connectivity index is 4.46. The smallest absolute Gasteiger partial charge is 0.404 e. The lowest BCUT2D eigenvalue weighted by Crippen LogP contribution is -2.46. The molecule has 0 heterocycles. The number of ether oxygens (including phenoxy) is 2. The molecule has 0 aliphatic rings. The van der Waals surface area contributed by atoms with Crippen molar-refractivity contribution in [1.82, 2.24) is 0 Å². The Hall–Kier alpha value is -1.26. The second-order valence-corrected chi connectivity index (χ2v) is 7.11. The highest BCUT2D eigenvalue weighted by atomic mass is 31.1. The molecule has 0 aromatic rings. The standard InChI is InChI=1S/C13H24NO5P/c1-6-18-12(15)8-9-13(16)19-10-11(14(3,4)5)20(17)7-2/h8-9,11H,6-7,10H2,1-5H3/q+2/b9-8+. The molecule has 0 saturated carbocycles. The molecular formula is C13H24NO5P+2. The molecule has 20 heavy (non-hydrogen) atoms. The molecule has 0 aromatic heterocycles. The lowest BCUT2D eigenvalue weighted by atomic mass is 10.5. The maximum Gasteiger partial charge on any atom is 0.404 e. The van der Waals surface area contributed by atoms with Gasteiger partial charge in [-0.3, -0.25) is 4.48 Å². The SMILES string of the molecule is CCOC(=O)/C=C/C(=O)OCC([P+](=O)CC)[N+](C)(C)C. The molecule has 6 nitrogen and oxygen atoms in total. The molecule has 2 unspecified atom stereocenters. The Morgan fingerprint density at radius 2 is 1.60 bits per heavy atom. The molecule has 0 amide bonds. The minimum atomic E-state index is -1.46. The van der Waals surface area contributed by atoms with Crippen molar-refractivity contribution in [2.75, 3.05) is 40.5 Å². The van der Waals surface area contributed by atoms with Crippen LogP contribution < -0.4 is 0 Å². The van der Waals surface area contributed by atoms with Crippen molar-refractivity contribution in [3.8, 4) is 0 Å². The first kappa shape index (κ1) is 18.7.